The van der Waals surface area contributed by atoms with E-state index in [9.17, 15) is 0 Å². The third kappa shape index (κ3) is 3740. The molecule has 0 aliphatic carbocycles. The van der Waals surface area contributed by atoms with Gasteiger partial charge in [0.1, 0.15) is 0 Å². The Morgan fingerprint density at radius 1 is 0.500 bits per heavy atom. The van der Waals surface area contributed by atoms with Gasteiger partial charge in [0.25, 0.3) is 0 Å². The van der Waals surface area contributed by atoms with Gasteiger partial charge in [0.15, 0.2) is 0 Å². The van der Waals surface area contributed by atoms with Gasteiger partial charge in [0, 0.05) is 0 Å². The minimum atomic E-state index is -2.33. The zero-order valence-corrected chi connectivity index (χ0v) is 8.64. The van der Waals surface area contributed by atoms with Crippen molar-refractivity contribution in [1.82, 2.24) is 0 Å². The van der Waals surface area contributed by atoms with Crippen molar-refractivity contribution in [1.29, 1.82) is 0 Å². The van der Waals surface area contributed by atoms with Crippen molar-refractivity contribution >= 4 is 112 Å². The number of hydrogen-bond acceptors (Lipinski definition) is 9. The Bertz CT molecular complexity index is 124. The summed E-state index contributed by atoms with van der Waals surface area (Å²) in [5.41, 5.74) is 0. The van der Waals surface area contributed by atoms with Crippen LogP contribution in [-0.4, -0.2) is 112 Å². The third-order valence-corrected chi connectivity index (χ3v) is 0. The average molecular weight is 282 g/mol. The summed E-state index contributed by atoms with van der Waals surface area (Å²) >= 11 is 0. The summed E-state index contributed by atoms with van der Waals surface area (Å²) in [7, 11) is 0. The first-order valence-corrected chi connectivity index (χ1v) is 1.84. The van der Waals surface area contributed by atoms with E-state index in [0.29, 0.717) is 0 Å². The molecule has 0 bridgehead atoms. The Kier molecular flexibility index (Phi) is 98.2. The second kappa shape index (κ2) is 36.0. The van der Waals surface area contributed by atoms with Gasteiger partial charge < -0.3 is 45.0 Å². The van der Waals surface area contributed by atoms with E-state index in [0.717, 1.165) is 0 Å². The van der Waals surface area contributed by atoms with Gasteiger partial charge in [-0.1, -0.05) is 0 Å². The van der Waals surface area contributed by atoms with Gasteiger partial charge in [-0.2, -0.15) is 0 Å². The molecule has 0 atom stereocenters. The fraction of sp³-hybridized carbons (Fsp3) is 0. The molecule has 0 N–H and O–H groups in total. The summed E-state index contributed by atoms with van der Waals surface area (Å²) in [6.45, 7) is 0. The van der Waals surface area contributed by atoms with E-state index >= 15 is 0 Å². The molecule has 0 radical (unpaired) electrons. The molecule has 0 saturated heterocycles. The molecule has 0 aromatic carbocycles. The van der Waals surface area contributed by atoms with Gasteiger partial charge in [0.2, 0.25) is 0 Å². The van der Waals surface area contributed by atoms with Gasteiger partial charge >= 0.3 is 93.8 Å². The fourth-order valence-electron chi connectivity index (χ4n) is 0. The van der Waals surface area contributed by atoms with Crippen molar-refractivity contribution in [2.75, 3.05) is 0 Å². The van der Waals surface area contributed by atoms with Crippen molar-refractivity contribution in [3.05, 3.63) is 0 Å². The Balaban J connectivity index is -0.0000000135. The van der Waals surface area contributed by atoms with E-state index in [-0.39, 0.29) is 93.8 Å². The van der Waals surface area contributed by atoms with Crippen LogP contribution in [0.2, 0.25) is 0 Å². The van der Waals surface area contributed by atoms with Gasteiger partial charge in [0.05, 0.1) is 0 Å². The van der Waals surface area contributed by atoms with E-state index in [1.54, 1.807) is 0 Å². The standard InChI is InChI=1S/3CH2O3.2Al.2Na.2H/c3*2-1(3)4;;;;;;/h3*(H2,2,3,4);;;;;;/q;;;2*+3;;;;/p-6. The molecule has 0 aromatic rings. The molecule has 0 aliphatic rings. The molecule has 76 valence electrons. The van der Waals surface area contributed by atoms with Crippen LogP contribution in [0.25, 0.3) is 0 Å². The fourth-order valence-corrected chi connectivity index (χ4v) is 0. The van der Waals surface area contributed by atoms with Gasteiger partial charge in [-0.05, 0) is 18.5 Å². The molecule has 0 aromatic heterocycles. The Hall–Kier alpha value is 0.875. The quantitative estimate of drug-likeness (QED) is 0.388. The molecule has 0 saturated carbocycles. The second-order valence-corrected chi connectivity index (χ2v) is 0.750. The van der Waals surface area contributed by atoms with Crippen LogP contribution in [0.1, 0.15) is 0 Å². The van der Waals surface area contributed by atoms with E-state index in [1.807, 2.05) is 0 Å². The Morgan fingerprint density at radius 2 is 0.500 bits per heavy atom. The SMILES string of the molecule is O=C([O-])[O-].O=C([O-])[O-].O=C([O-])[O-].[Al+3].[Al+3].[NaH].[NaH]. The zero-order chi connectivity index (χ0) is 10.7. The van der Waals surface area contributed by atoms with Crippen LogP contribution in [0.4, 0.5) is 14.4 Å². The predicted octanol–water partition coefficient (Wildman–Crippen LogP) is -9.40. The summed E-state index contributed by atoms with van der Waals surface area (Å²) in [6, 6.07) is 0. The van der Waals surface area contributed by atoms with Crippen LogP contribution in [0.15, 0.2) is 0 Å². The van der Waals surface area contributed by atoms with E-state index < -0.39 is 18.5 Å². The Morgan fingerprint density at radius 3 is 0.500 bits per heavy atom. The first kappa shape index (κ1) is 43.6. The molecule has 0 unspecified atom stereocenters. The summed E-state index contributed by atoms with van der Waals surface area (Å²) in [5.74, 6) is 0. The Labute approximate surface area is 155 Å². The topological polar surface area (TPSA) is 190 Å². The van der Waals surface area contributed by atoms with Gasteiger partial charge in [-0.25, -0.2) is 0 Å². The summed E-state index contributed by atoms with van der Waals surface area (Å²) in [4.78, 5) is 25.0. The van der Waals surface area contributed by atoms with Crippen molar-refractivity contribution in [2.24, 2.45) is 0 Å². The molecule has 0 spiro atoms. The van der Waals surface area contributed by atoms with Crippen molar-refractivity contribution in [3.8, 4) is 0 Å². The molecule has 0 aliphatic heterocycles. The number of hydrogen-bond donors (Lipinski definition) is 0. The minimum absolute atomic E-state index is 0. The molecule has 0 rings (SSSR count). The van der Waals surface area contributed by atoms with Gasteiger partial charge in [-0.3, -0.25) is 0 Å². The monoisotopic (exact) mass is 282 g/mol. The number of carboxylic acid groups (broad SMARTS) is 6. The molecule has 16 heavy (non-hydrogen) atoms. The first-order chi connectivity index (χ1) is 5.20. The van der Waals surface area contributed by atoms with E-state index in [4.69, 9.17) is 45.0 Å². The number of rotatable bonds is 0. The number of carbonyl (C=O) groups is 3. The molecule has 13 heteroatoms. The molecule has 0 amide bonds. The van der Waals surface area contributed by atoms with Crippen molar-refractivity contribution in [3.63, 3.8) is 0 Å². The van der Waals surface area contributed by atoms with E-state index in [2.05, 4.69) is 0 Å². The summed E-state index contributed by atoms with van der Waals surface area (Å²) in [5, 5.41) is 50.0. The van der Waals surface area contributed by atoms with Crippen LogP contribution >= 0.6 is 0 Å². The second-order valence-electron chi connectivity index (χ2n) is 0.750. The van der Waals surface area contributed by atoms with Gasteiger partial charge in [-0.15, -0.1) is 0 Å². The van der Waals surface area contributed by atoms with Crippen LogP contribution in [0.3, 0.4) is 0 Å². The molecule has 0 fully saturated rings. The van der Waals surface area contributed by atoms with Crippen molar-refractivity contribution < 1.29 is 45.0 Å². The maximum atomic E-state index is 8.33. The van der Waals surface area contributed by atoms with Crippen molar-refractivity contribution in [2.45, 2.75) is 0 Å². The molecule has 9 nitrogen and oxygen atoms in total. The van der Waals surface area contributed by atoms with E-state index in [1.165, 1.54) is 0 Å². The van der Waals surface area contributed by atoms with Crippen LogP contribution in [0, 0.1) is 0 Å². The number of carbonyl (C=O) groups excluding carboxylic acids is 3. The van der Waals surface area contributed by atoms with Crippen LogP contribution in [-0.2, 0) is 0 Å². The zero-order valence-electron chi connectivity index (χ0n) is 6.33. The predicted molar refractivity (Wildman–Crippen MR) is 42.0 cm³/mol. The summed E-state index contributed by atoms with van der Waals surface area (Å²) < 4.78 is 0. The van der Waals surface area contributed by atoms with Crippen LogP contribution in [0.5, 0.6) is 0 Å². The molecular formula is C3H2Al2Na2O9. The van der Waals surface area contributed by atoms with Crippen LogP contribution < -0.4 is 30.6 Å². The normalized spacial score (nSPS) is 4.50. The third-order valence-electron chi connectivity index (χ3n) is 0. The average Bonchev–Trinajstić information content (AvgIpc) is 1.54. The first-order valence-electron chi connectivity index (χ1n) is 1.84. The molecule has 0 heterocycles. The molecular weight excluding hydrogens is 280 g/mol. The maximum absolute atomic E-state index is 8.33. The summed E-state index contributed by atoms with van der Waals surface area (Å²) in [6.07, 6.45) is -7.00.